The molecule has 0 radical (unpaired) electrons. The number of nitrogens with one attached hydrogen (secondary N) is 1. The number of halogens is 1. The van der Waals surface area contributed by atoms with Crippen LogP contribution in [0.4, 0.5) is 5.69 Å². The molecule has 0 amide bonds. The van der Waals surface area contributed by atoms with Gasteiger partial charge in [0.05, 0.1) is 5.69 Å². The molecule has 4 N–H and O–H groups in total. The van der Waals surface area contributed by atoms with E-state index in [0.29, 0.717) is 40.7 Å². The summed E-state index contributed by atoms with van der Waals surface area (Å²) < 4.78 is 11.3. The Morgan fingerprint density at radius 2 is 1.93 bits per heavy atom. The molecule has 0 aliphatic rings. The number of rotatable bonds is 9. The highest BCUT2D eigenvalue weighted by Gasteiger charge is 2.23. The van der Waals surface area contributed by atoms with E-state index in [4.69, 9.17) is 31.9 Å². The Morgan fingerprint density at radius 1 is 1.20 bits per heavy atom. The number of benzene rings is 2. The number of nitrogens with two attached hydrogens (primary N) is 1. The number of aliphatic carboxylic acids is 1. The van der Waals surface area contributed by atoms with Gasteiger partial charge in [-0.15, -0.1) is 0 Å². The van der Waals surface area contributed by atoms with Crippen LogP contribution in [0.2, 0.25) is 5.02 Å². The van der Waals surface area contributed by atoms with Crippen LogP contribution in [-0.2, 0) is 14.3 Å². The number of carbonyl (C=O) groups is 2. The highest BCUT2D eigenvalue weighted by atomic mass is 35.5. The predicted molar refractivity (Wildman–Crippen MR) is 116 cm³/mol. The van der Waals surface area contributed by atoms with Crippen molar-refractivity contribution < 1.29 is 24.2 Å². The van der Waals surface area contributed by atoms with Crippen LogP contribution >= 0.6 is 11.6 Å². The minimum atomic E-state index is -0.944. The second-order valence-corrected chi connectivity index (χ2v) is 8.19. The maximum atomic E-state index is 12.3. The third-order valence-corrected chi connectivity index (χ3v) is 4.17. The van der Waals surface area contributed by atoms with E-state index in [0.717, 1.165) is 0 Å². The molecule has 0 aliphatic carbocycles. The molecule has 2 rings (SSSR count). The Labute approximate surface area is 181 Å². The summed E-state index contributed by atoms with van der Waals surface area (Å²) in [6, 6.07) is 11.0. The van der Waals surface area contributed by atoms with Gasteiger partial charge in [0, 0.05) is 24.1 Å². The largest absolute Gasteiger partial charge is 0.481 e. The molecule has 0 saturated heterocycles. The topological polar surface area (TPSA) is 111 Å². The van der Waals surface area contributed by atoms with E-state index in [1.54, 1.807) is 63.2 Å². The fourth-order valence-electron chi connectivity index (χ4n) is 2.59. The third kappa shape index (κ3) is 7.57. The molecular weight excluding hydrogens is 408 g/mol. The number of carbonyl (C=O) groups excluding carboxylic acids is 1. The van der Waals surface area contributed by atoms with Crippen molar-refractivity contribution in [3.05, 3.63) is 53.1 Å². The van der Waals surface area contributed by atoms with E-state index in [1.165, 1.54) is 0 Å². The molecule has 7 nitrogen and oxygen atoms in total. The molecule has 0 bridgehead atoms. The van der Waals surface area contributed by atoms with Crippen molar-refractivity contribution in [3.63, 3.8) is 0 Å². The van der Waals surface area contributed by atoms with Crippen molar-refractivity contribution in [2.45, 2.75) is 45.3 Å². The van der Waals surface area contributed by atoms with Crippen molar-refractivity contribution in [1.82, 2.24) is 0 Å². The maximum absolute atomic E-state index is 12.3. The number of carboxylic acids is 1. The van der Waals surface area contributed by atoms with Crippen molar-refractivity contribution in [3.8, 4) is 11.5 Å². The number of hydrogen-bond donors (Lipinski definition) is 3. The van der Waals surface area contributed by atoms with Gasteiger partial charge >= 0.3 is 11.9 Å². The first-order chi connectivity index (χ1) is 14.0. The minimum absolute atomic E-state index is 0.0708. The Hall–Kier alpha value is -2.77. The van der Waals surface area contributed by atoms with Crippen LogP contribution in [0.5, 0.6) is 11.5 Å². The highest BCUT2D eigenvalue weighted by Crippen LogP contribution is 2.33. The molecule has 0 fully saturated rings. The van der Waals surface area contributed by atoms with E-state index >= 15 is 0 Å². The van der Waals surface area contributed by atoms with Gasteiger partial charge in [0.15, 0.2) is 5.75 Å². The molecule has 0 saturated carbocycles. The molecule has 8 heteroatoms. The molecule has 0 aliphatic heterocycles. The quantitative estimate of drug-likeness (QED) is 0.385. The SMILES string of the molecule is CC(C)(C)OC(=O)C(N)c1cccc(Oc2cc(Cl)ccc2NCCCC(=O)O)c1. The lowest BCUT2D eigenvalue weighted by Crippen LogP contribution is -2.31. The molecule has 0 aromatic heterocycles. The van der Waals surface area contributed by atoms with Gasteiger partial charge in [-0.2, -0.15) is 0 Å². The molecule has 2 aromatic rings. The van der Waals surface area contributed by atoms with Crippen LogP contribution in [-0.4, -0.2) is 29.2 Å². The zero-order valence-electron chi connectivity index (χ0n) is 17.3. The lowest BCUT2D eigenvalue weighted by Gasteiger charge is -2.22. The summed E-state index contributed by atoms with van der Waals surface area (Å²) >= 11 is 6.10. The van der Waals surface area contributed by atoms with Gasteiger partial charge in [-0.1, -0.05) is 23.7 Å². The summed E-state index contributed by atoms with van der Waals surface area (Å²) in [5.41, 5.74) is 6.65. The molecule has 0 spiro atoms. The Bertz CT molecular complexity index is 895. The van der Waals surface area contributed by atoms with Gasteiger partial charge in [-0.3, -0.25) is 4.79 Å². The zero-order valence-corrected chi connectivity index (χ0v) is 18.0. The highest BCUT2D eigenvalue weighted by molar-refractivity contribution is 6.30. The Morgan fingerprint density at radius 3 is 2.60 bits per heavy atom. The number of ether oxygens (including phenoxy) is 2. The van der Waals surface area contributed by atoms with Gasteiger partial charge < -0.3 is 25.6 Å². The van der Waals surface area contributed by atoms with E-state index in [2.05, 4.69) is 5.32 Å². The van der Waals surface area contributed by atoms with Crippen LogP contribution < -0.4 is 15.8 Å². The summed E-state index contributed by atoms with van der Waals surface area (Å²) in [6.45, 7) is 5.80. The van der Waals surface area contributed by atoms with Gasteiger partial charge in [-0.05, 0) is 57.0 Å². The number of anilines is 1. The van der Waals surface area contributed by atoms with Crippen LogP contribution in [0.25, 0.3) is 0 Å². The average molecular weight is 435 g/mol. The first-order valence-corrected chi connectivity index (χ1v) is 9.94. The molecule has 1 atom stereocenters. The first kappa shape index (κ1) is 23.5. The fourth-order valence-corrected chi connectivity index (χ4v) is 2.75. The summed E-state index contributed by atoms with van der Waals surface area (Å²) in [5.74, 6) is -0.422. The van der Waals surface area contributed by atoms with E-state index in [1.807, 2.05) is 0 Å². The van der Waals surface area contributed by atoms with Crippen LogP contribution in [0, 0.1) is 0 Å². The second kappa shape index (κ2) is 10.3. The maximum Gasteiger partial charge on any atom is 0.328 e. The Kier molecular flexibility index (Phi) is 8.08. The van der Waals surface area contributed by atoms with E-state index in [9.17, 15) is 9.59 Å². The molecular formula is C22H27ClN2O5. The van der Waals surface area contributed by atoms with Crippen molar-refractivity contribution in [2.24, 2.45) is 5.73 Å². The summed E-state index contributed by atoms with van der Waals surface area (Å²) in [7, 11) is 0. The fraction of sp³-hybridized carbons (Fsp3) is 0.364. The van der Waals surface area contributed by atoms with Crippen LogP contribution in [0.3, 0.4) is 0 Å². The van der Waals surface area contributed by atoms with E-state index in [-0.39, 0.29) is 6.42 Å². The molecule has 30 heavy (non-hydrogen) atoms. The van der Waals surface area contributed by atoms with Crippen LogP contribution in [0.1, 0.15) is 45.2 Å². The van der Waals surface area contributed by atoms with Crippen LogP contribution in [0.15, 0.2) is 42.5 Å². The van der Waals surface area contributed by atoms with Gasteiger partial charge in [0.2, 0.25) is 0 Å². The van der Waals surface area contributed by atoms with Crippen molar-refractivity contribution in [1.29, 1.82) is 0 Å². The van der Waals surface area contributed by atoms with Gasteiger partial charge in [0.25, 0.3) is 0 Å². The van der Waals surface area contributed by atoms with Crippen molar-refractivity contribution >= 4 is 29.2 Å². The summed E-state index contributed by atoms with van der Waals surface area (Å²) in [5, 5.41) is 12.4. The predicted octanol–water partition coefficient (Wildman–Crippen LogP) is 4.75. The van der Waals surface area contributed by atoms with E-state index < -0.39 is 23.6 Å². The molecule has 162 valence electrons. The standard InChI is InChI=1S/C22H27ClN2O5/c1-22(2,3)30-21(28)20(24)14-6-4-7-16(12-14)29-18-13-15(23)9-10-17(18)25-11-5-8-19(26)27/h4,6-7,9-10,12-13,20,25H,5,8,11,24H2,1-3H3,(H,26,27). The lowest BCUT2D eigenvalue weighted by atomic mass is 10.1. The monoisotopic (exact) mass is 434 g/mol. The summed E-state index contributed by atoms with van der Waals surface area (Å²) in [4.78, 5) is 22.9. The molecule has 1 unspecified atom stereocenters. The van der Waals surface area contributed by atoms with Gasteiger partial charge in [0.1, 0.15) is 17.4 Å². The van der Waals surface area contributed by atoms with Gasteiger partial charge in [-0.25, -0.2) is 4.79 Å². The average Bonchev–Trinajstić information content (AvgIpc) is 2.64. The zero-order chi connectivity index (χ0) is 22.3. The first-order valence-electron chi connectivity index (χ1n) is 9.56. The normalized spacial score (nSPS) is 12.2. The lowest BCUT2D eigenvalue weighted by molar-refractivity contribution is -0.156. The smallest absolute Gasteiger partial charge is 0.328 e. The Balaban J connectivity index is 2.14. The number of carboxylic acid groups (broad SMARTS) is 1. The minimum Gasteiger partial charge on any atom is -0.481 e. The molecule has 2 aromatic carbocycles. The number of hydrogen-bond acceptors (Lipinski definition) is 6. The molecule has 0 heterocycles. The summed E-state index contributed by atoms with van der Waals surface area (Å²) in [6.07, 6.45) is 0.541. The third-order valence-electron chi connectivity index (χ3n) is 3.93. The number of esters is 1. The van der Waals surface area contributed by atoms with Crippen molar-refractivity contribution in [2.75, 3.05) is 11.9 Å². The second-order valence-electron chi connectivity index (χ2n) is 7.75.